The number of ether oxygens (including phenoxy) is 1. The van der Waals surface area contributed by atoms with Crippen molar-refractivity contribution in [2.45, 2.75) is 19.3 Å². The molecule has 0 amide bonds. The van der Waals surface area contributed by atoms with Crippen LogP contribution in [0.5, 0.6) is 0 Å². The van der Waals surface area contributed by atoms with Gasteiger partial charge in [-0.1, -0.05) is 6.42 Å². The minimum Gasteiger partial charge on any atom is -0.429 e. The van der Waals surface area contributed by atoms with Gasteiger partial charge in [0.05, 0.1) is 0 Å². The molecule has 11 heavy (non-hydrogen) atoms. The van der Waals surface area contributed by atoms with Crippen molar-refractivity contribution in [1.82, 2.24) is 5.06 Å². The van der Waals surface area contributed by atoms with Crippen LogP contribution < -0.4 is 0 Å². The maximum Gasteiger partial charge on any atom is 0.528 e. The lowest BCUT2D eigenvalue weighted by Crippen LogP contribution is -2.32. The van der Waals surface area contributed by atoms with Gasteiger partial charge in [-0.15, -0.1) is 5.06 Å². The third-order valence-corrected chi connectivity index (χ3v) is 1.64. The molecule has 0 atom stereocenters. The fourth-order valence-electron chi connectivity index (χ4n) is 1.09. The predicted molar refractivity (Wildman–Crippen MR) is 38.3 cm³/mol. The molecule has 0 aromatic heterocycles. The molecular formula is C7H12NO3. The summed E-state index contributed by atoms with van der Waals surface area (Å²) in [5.41, 5.74) is 0. The summed E-state index contributed by atoms with van der Waals surface area (Å²) in [6.07, 6.45) is 2.63. The zero-order chi connectivity index (χ0) is 8.10. The van der Waals surface area contributed by atoms with Crippen molar-refractivity contribution in [2.24, 2.45) is 0 Å². The Morgan fingerprint density at radius 1 is 1.27 bits per heavy atom. The van der Waals surface area contributed by atoms with E-state index >= 15 is 0 Å². The van der Waals surface area contributed by atoms with Crippen LogP contribution in [0.15, 0.2) is 0 Å². The Kier molecular flexibility index (Phi) is 3.16. The van der Waals surface area contributed by atoms with Crippen LogP contribution in [0.1, 0.15) is 19.3 Å². The first-order valence-corrected chi connectivity index (χ1v) is 3.72. The van der Waals surface area contributed by atoms with Gasteiger partial charge in [0.2, 0.25) is 0 Å². The van der Waals surface area contributed by atoms with E-state index in [2.05, 4.69) is 11.8 Å². The lowest BCUT2D eigenvalue weighted by molar-refractivity contribution is -0.130. The molecule has 63 valence electrons. The predicted octanol–water partition coefficient (Wildman–Crippen LogP) is 1.33. The number of hydrogen-bond donors (Lipinski definition) is 0. The highest BCUT2D eigenvalue weighted by Gasteiger charge is 2.14. The number of piperidine rings is 1. The molecule has 0 aromatic carbocycles. The molecule has 4 nitrogen and oxygen atoms in total. The van der Waals surface area contributed by atoms with Crippen molar-refractivity contribution in [3.8, 4) is 0 Å². The number of carbonyl (C=O) groups is 1. The largest absolute Gasteiger partial charge is 0.528 e. The molecule has 0 unspecified atom stereocenters. The molecule has 1 saturated heterocycles. The molecular weight excluding hydrogens is 146 g/mol. The van der Waals surface area contributed by atoms with Gasteiger partial charge in [0.1, 0.15) is 7.11 Å². The van der Waals surface area contributed by atoms with E-state index in [1.807, 2.05) is 0 Å². The van der Waals surface area contributed by atoms with Crippen molar-refractivity contribution >= 4 is 6.16 Å². The van der Waals surface area contributed by atoms with Gasteiger partial charge >= 0.3 is 6.16 Å². The molecule has 0 bridgehead atoms. The summed E-state index contributed by atoms with van der Waals surface area (Å²) >= 11 is 0. The van der Waals surface area contributed by atoms with Crippen molar-refractivity contribution in [3.05, 3.63) is 7.11 Å². The Morgan fingerprint density at radius 2 is 1.91 bits per heavy atom. The molecule has 0 spiro atoms. The Hall–Kier alpha value is -0.770. The van der Waals surface area contributed by atoms with Crippen LogP contribution in [-0.2, 0) is 9.57 Å². The Morgan fingerprint density at radius 3 is 2.45 bits per heavy atom. The Balaban J connectivity index is 2.19. The van der Waals surface area contributed by atoms with Gasteiger partial charge in [-0.3, -0.25) is 0 Å². The van der Waals surface area contributed by atoms with Gasteiger partial charge in [-0.05, 0) is 12.8 Å². The van der Waals surface area contributed by atoms with E-state index in [-0.39, 0.29) is 0 Å². The lowest BCUT2D eigenvalue weighted by Gasteiger charge is -2.23. The van der Waals surface area contributed by atoms with Gasteiger partial charge in [-0.2, -0.15) is 0 Å². The first-order chi connectivity index (χ1) is 5.33. The van der Waals surface area contributed by atoms with E-state index in [0.29, 0.717) is 0 Å². The molecule has 1 aliphatic heterocycles. The fraction of sp³-hybridized carbons (Fsp3) is 0.714. The summed E-state index contributed by atoms with van der Waals surface area (Å²) in [6, 6.07) is 0. The monoisotopic (exact) mass is 158 g/mol. The quantitative estimate of drug-likeness (QED) is 0.540. The second-order valence-corrected chi connectivity index (χ2v) is 2.48. The van der Waals surface area contributed by atoms with Gasteiger partial charge in [0, 0.05) is 13.1 Å². The second kappa shape index (κ2) is 4.18. The van der Waals surface area contributed by atoms with Crippen LogP contribution >= 0.6 is 0 Å². The van der Waals surface area contributed by atoms with E-state index < -0.39 is 6.16 Å². The number of hydroxylamine groups is 2. The number of nitrogens with zero attached hydrogens (tertiary/aromatic N) is 1. The summed E-state index contributed by atoms with van der Waals surface area (Å²) in [4.78, 5) is 15.3. The molecule has 0 N–H and O–H groups in total. The Bertz CT molecular complexity index is 132. The van der Waals surface area contributed by atoms with Gasteiger partial charge in [-0.25, -0.2) is 4.79 Å². The SMILES string of the molecule is [CH2]OC(=O)ON1CCCCC1. The fourth-order valence-corrected chi connectivity index (χ4v) is 1.09. The average molecular weight is 158 g/mol. The molecule has 0 aliphatic carbocycles. The number of rotatable bonds is 1. The molecule has 1 aliphatic rings. The van der Waals surface area contributed by atoms with Crippen LogP contribution in [0.3, 0.4) is 0 Å². The molecule has 1 rings (SSSR count). The van der Waals surface area contributed by atoms with E-state index in [1.165, 1.54) is 6.42 Å². The van der Waals surface area contributed by atoms with Gasteiger partial charge in [0.25, 0.3) is 0 Å². The highest BCUT2D eigenvalue weighted by Crippen LogP contribution is 2.08. The summed E-state index contributed by atoms with van der Waals surface area (Å²) in [7, 11) is 2.95. The van der Waals surface area contributed by atoms with Crippen LogP contribution in [0.25, 0.3) is 0 Å². The van der Waals surface area contributed by atoms with Crippen LogP contribution in [0.4, 0.5) is 4.79 Å². The maximum absolute atomic E-state index is 10.5. The van der Waals surface area contributed by atoms with E-state index in [0.717, 1.165) is 25.9 Å². The van der Waals surface area contributed by atoms with Gasteiger partial charge < -0.3 is 9.57 Å². The van der Waals surface area contributed by atoms with E-state index in [9.17, 15) is 4.79 Å². The number of hydrogen-bond acceptors (Lipinski definition) is 4. The minimum absolute atomic E-state index is 0.730. The molecule has 1 fully saturated rings. The van der Waals surface area contributed by atoms with E-state index in [4.69, 9.17) is 4.84 Å². The maximum atomic E-state index is 10.5. The number of carbonyl (C=O) groups excluding carboxylic acids is 1. The first-order valence-electron chi connectivity index (χ1n) is 3.72. The topological polar surface area (TPSA) is 38.8 Å². The Labute approximate surface area is 66.0 Å². The van der Waals surface area contributed by atoms with Crippen LogP contribution in [-0.4, -0.2) is 24.3 Å². The smallest absolute Gasteiger partial charge is 0.429 e. The van der Waals surface area contributed by atoms with Crippen LogP contribution in [0.2, 0.25) is 0 Å². The first kappa shape index (κ1) is 8.33. The molecule has 0 aromatic rings. The highest BCUT2D eigenvalue weighted by atomic mass is 16.8. The lowest BCUT2D eigenvalue weighted by atomic mass is 10.2. The second-order valence-electron chi connectivity index (χ2n) is 2.48. The standard InChI is InChI=1S/C7H12NO3/c1-10-7(9)11-8-5-3-2-4-6-8/h1-6H2. The average Bonchev–Trinajstić information content (AvgIpc) is 2.06. The van der Waals surface area contributed by atoms with Crippen molar-refractivity contribution < 1.29 is 14.4 Å². The zero-order valence-corrected chi connectivity index (χ0v) is 6.41. The highest BCUT2D eigenvalue weighted by molar-refractivity contribution is 5.59. The molecule has 0 saturated carbocycles. The van der Waals surface area contributed by atoms with Gasteiger partial charge in [0.15, 0.2) is 0 Å². The summed E-state index contributed by atoms with van der Waals surface area (Å²) in [5.74, 6) is 0. The van der Waals surface area contributed by atoms with Crippen molar-refractivity contribution in [3.63, 3.8) is 0 Å². The third-order valence-electron chi connectivity index (χ3n) is 1.64. The minimum atomic E-state index is -0.730. The molecule has 4 heteroatoms. The summed E-state index contributed by atoms with van der Waals surface area (Å²) < 4.78 is 4.10. The third kappa shape index (κ3) is 2.76. The van der Waals surface area contributed by atoms with Crippen molar-refractivity contribution in [2.75, 3.05) is 13.1 Å². The zero-order valence-electron chi connectivity index (χ0n) is 6.41. The molecule has 1 heterocycles. The normalized spacial score (nSPS) is 19.4. The summed E-state index contributed by atoms with van der Waals surface area (Å²) in [6.45, 7) is 1.60. The van der Waals surface area contributed by atoms with Crippen molar-refractivity contribution in [1.29, 1.82) is 0 Å². The molecule has 1 radical (unpaired) electrons. The van der Waals surface area contributed by atoms with Crippen LogP contribution in [0, 0.1) is 7.11 Å². The van der Waals surface area contributed by atoms with E-state index in [1.54, 1.807) is 5.06 Å². The summed E-state index contributed by atoms with van der Waals surface area (Å²) in [5, 5.41) is 1.61.